The van der Waals surface area contributed by atoms with E-state index in [1.54, 1.807) is 30.0 Å². The van der Waals surface area contributed by atoms with E-state index in [2.05, 4.69) is 103 Å². The van der Waals surface area contributed by atoms with Gasteiger partial charge < -0.3 is 14.5 Å². The summed E-state index contributed by atoms with van der Waals surface area (Å²) < 4.78 is 58.0. The maximum absolute atomic E-state index is 15.4. The second kappa shape index (κ2) is 19.6. The van der Waals surface area contributed by atoms with Gasteiger partial charge in [0.05, 0.1) is 0 Å². The summed E-state index contributed by atoms with van der Waals surface area (Å²) in [4.78, 5) is 1.09. The fraction of sp³-hybridized carbons (Fsp3) is 0.438. The Labute approximate surface area is 355 Å². The molecule has 11 heteroatoms. The van der Waals surface area contributed by atoms with E-state index in [9.17, 15) is 15.8 Å². The summed E-state index contributed by atoms with van der Waals surface area (Å²) in [6, 6.07) is 20.6. The van der Waals surface area contributed by atoms with Crippen LogP contribution in [0.1, 0.15) is 91.7 Å². The van der Waals surface area contributed by atoms with Crippen LogP contribution in [0.25, 0.3) is 6.08 Å². The Kier molecular flexibility index (Phi) is 15.6. The third-order valence-electron chi connectivity index (χ3n) is 11.1. The van der Waals surface area contributed by atoms with Gasteiger partial charge in [-0.25, -0.2) is 0 Å². The Morgan fingerprint density at radius 1 is 0.983 bits per heavy atom. The molecule has 0 aromatic heterocycles. The van der Waals surface area contributed by atoms with Crippen LogP contribution < -0.4 is 5.32 Å². The number of hydrogen-bond donors (Lipinski definition) is 1. The molecule has 1 N–H and O–H groups in total. The van der Waals surface area contributed by atoms with Crippen LogP contribution in [0.15, 0.2) is 117 Å². The molecule has 59 heavy (non-hydrogen) atoms. The molecule has 0 radical (unpaired) electrons. The largest absolute Gasteiger partial charge is 0.465 e. The molecule has 1 heterocycles. The number of benzene rings is 2. The Morgan fingerprint density at radius 2 is 1.64 bits per heavy atom. The molecule has 2 unspecified atom stereocenters. The van der Waals surface area contributed by atoms with E-state index in [0.717, 1.165) is 65.3 Å². The number of rotatable bonds is 15. The molecule has 0 saturated heterocycles. The number of thioether (sulfide) groups is 1. The first-order valence-corrected chi connectivity index (χ1v) is 24.1. The fourth-order valence-electron chi connectivity index (χ4n) is 6.88. The van der Waals surface area contributed by atoms with Crippen molar-refractivity contribution < 1.29 is 22.3 Å². The summed E-state index contributed by atoms with van der Waals surface area (Å²) in [6.07, 6.45) is 8.24. The average molecular weight is 839 g/mol. The number of alkyl halides is 3. The van der Waals surface area contributed by atoms with Gasteiger partial charge in [-0.15, -0.1) is 11.8 Å². The van der Waals surface area contributed by atoms with Crippen LogP contribution in [-0.4, -0.2) is 32.9 Å². The zero-order valence-corrected chi connectivity index (χ0v) is 37.6. The van der Waals surface area contributed by atoms with Crippen LogP contribution in [0.2, 0.25) is 18.1 Å². The lowest BCUT2D eigenvalue weighted by Gasteiger charge is -2.36. The van der Waals surface area contributed by atoms with Gasteiger partial charge in [-0.2, -0.15) is 29.0 Å². The summed E-state index contributed by atoms with van der Waals surface area (Å²) in [5.41, 5.74) is -1.03. The monoisotopic (exact) mass is 838 g/mol. The van der Waals surface area contributed by atoms with Crippen LogP contribution in [0.5, 0.6) is 0 Å². The topological polar surface area (TPSA) is 102 Å². The van der Waals surface area contributed by atoms with Crippen molar-refractivity contribution in [2.45, 2.75) is 117 Å². The summed E-state index contributed by atoms with van der Waals surface area (Å²) in [6.45, 7) is 20.7. The van der Waals surface area contributed by atoms with Crippen molar-refractivity contribution in [1.29, 1.82) is 15.8 Å². The second-order valence-corrected chi connectivity index (χ2v) is 23.4. The van der Waals surface area contributed by atoms with Crippen LogP contribution in [0.3, 0.4) is 0 Å². The van der Waals surface area contributed by atoms with Crippen molar-refractivity contribution in [3.05, 3.63) is 129 Å². The summed E-state index contributed by atoms with van der Waals surface area (Å²) in [5, 5.41) is 33.2. The van der Waals surface area contributed by atoms with Crippen LogP contribution in [0, 0.1) is 39.4 Å². The zero-order valence-electron chi connectivity index (χ0n) is 35.8. The predicted octanol–water partition coefficient (Wildman–Crippen LogP) is 13.6. The number of nitriles is 3. The normalized spacial score (nSPS) is 19.8. The number of allylic oxidation sites excluding steroid dienone is 7. The van der Waals surface area contributed by atoms with Crippen LogP contribution in [0.4, 0.5) is 18.9 Å². The number of unbranched alkanes of at least 4 members (excludes halogenated alkanes) is 1. The van der Waals surface area contributed by atoms with Gasteiger partial charge in [0.25, 0.3) is 5.60 Å². The smallest absolute Gasteiger partial charge is 0.437 e. The van der Waals surface area contributed by atoms with Crippen molar-refractivity contribution in [2.75, 3.05) is 17.7 Å². The maximum atomic E-state index is 15.4. The molecular formula is C48H57F3N4O2SSi. The standard InChI is InChI=1S/C48H57F3N4O2SSi/c1-10-11-28-58-44-36(16-15-19-42-41(33-54)43(38(31-52)32-53)57-47(42,48(49,50)51)39-17-13-12-14-18-39)29-46(6,7)30-37(44)23-20-35-21-24-40(25-22-35)55-34(2)26-27-56-59(8,9)45(3,4)5/h12-25,34,55H,10-11,26-30H2,1-9H3/b19-15+,23-20+,36-16+. The van der Waals surface area contributed by atoms with Gasteiger partial charge in [0.2, 0.25) is 0 Å². The lowest BCUT2D eigenvalue weighted by Crippen LogP contribution is -2.43. The predicted molar refractivity (Wildman–Crippen MR) is 237 cm³/mol. The molecule has 2 aliphatic rings. The highest BCUT2D eigenvalue weighted by molar-refractivity contribution is 8.03. The SMILES string of the molecule is CCCCSC1=C(/C=C/c2ccc(NC(C)CCO[Si](C)(C)C(C)(C)C)cc2)CC(C)(C)C/C1=C\C=C\C1=C(C#N)C(=C(C#N)C#N)OC1(c1ccccc1)C(F)(F)F. The summed E-state index contributed by atoms with van der Waals surface area (Å²) >= 11 is 1.75. The van der Waals surface area contributed by atoms with Gasteiger partial charge in [-0.05, 0) is 90.7 Å². The van der Waals surface area contributed by atoms with Crippen molar-refractivity contribution in [1.82, 2.24) is 0 Å². The fourth-order valence-corrected chi connectivity index (χ4v) is 9.23. The van der Waals surface area contributed by atoms with Crippen LogP contribution >= 0.6 is 11.8 Å². The average Bonchev–Trinajstić information content (AvgIpc) is 3.50. The van der Waals surface area contributed by atoms with E-state index in [1.807, 2.05) is 12.1 Å². The molecule has 0 amide bonds. The molecule has 1 aliphatic carbocycles. The van der Waals surface area contributed by atoms with Gasteiger partial charge in [0.15, 0.2) is 19.6 Å². The van der Waals surface area contributed by atoms with E-state index in [0.29, 0.717) is 6.42 Å². The van der Waals surface area contributed by atoms with Crippen molar-refractivity contribution in [3.63, 3.8) is 0 Å². The minimum atomic E-state index is -5.06. The van der Waals surface area contributed by atoms with Gasteiger partial charge in [0, 0.05) is 34.4 Å². The number of ether oxygens (including phenoxy) is 1. The quantitative estimate of drug-likeness (QED) is 0.108. The number of anilines is 1. The molecule has 312 valence electrons. The highest BCUT2D eigenvalue weighted by Gasteiger charge is 2.65. The van der Waals surface area contributed by atoms with Gasteiger partial charge >= 0.3 is 6.18 Å². The van der Waals surface area contributed by atoms with E-state index in [-0.39, 0.29) is 22.1 Å². The van der Waals surface area contributed by atoms with Crippen molar-refractivity contribution >= 4 is 31.8 Å². The number of nitrogens with one attached hydrogen (secondary N) is 1. The first-order chi connectivity index (χ1) is 27.7. The van der Waals surface area contributed by atoms with Gasteiger partial charge in [0.1, 0.15) is 23.8 Å². The van der Waals surface area contributed by atoms with E-state index >= 15 is 13.2 Å². The van der Waals surface area contributed by atoms with Gasteiger partial charge in [-0.3, -0.25) is 0 Å². The molecule has 4 rings (SSSR count). The second-order valence-electron chi connectivity index (χ2n) is 17.5. The molecule has 2 aromatic carbocycles. The molecule has 2 aromatic rings. The van der Waals surface area contributed by atoms with Crippen molar-refractivity contribution in [3.8, 4) is 18.2 Å². The number of hydrogen-bond acceptors (Lipinski definition) is 7. The molecule has 0 spiro atoms. The number of nitrogens with zero attached hydrogens (tertiary/aromatic N) is 3. The molecular weight excluding hydrogens is 782 g/mol. The Morgan fingerprint density at radius 3 is 2.22 bits per heavy atom. The zero-order chi connectivity index (χ0) is 43.6. The number of halogens is 3. The minimum Gasteiger partial charge on any atom is -0.465 e. The molecule has 1 aliphatic heterocycles. The minimum absolute atomic E-state index is 0.149. The van der Waals surface area contributed by atoms with Gasteiger partial charge in [-0.1, -0.05) is 121 Å². The third kappa shape index (κ3) is 11.3. The Balaban J connectivity index is 1.70. The van der Waals surface area contributed by atoms with E-state index < -0.39 is 42.6 Å². The summed E-state index contributed by atoms with van der Waals surface area (Å²) in [7, 11) is -1.79. The van der Waals surface area contributed by atoms with E-state index in [1.165, 1.54) is 36.4 Å². The first kappa shape index (κ1) is 47.0. The molecule has 2 atom stereocenters. The first-order valence-electron chi connectivity index (χ1n) is 20.2. The Hall–Kier alpha value is -4.73. The molecule has 0 bridgehead atoms. The third-order valence-corrected chi connectivity index (χ3v) is 17.0. The molecule has 0 fully saturated rings. The highest BCUT2D eigenvalue weighted by Crippen LogP contribution is 2.56. The Bertz CT molecular complexity index is 2120. The van der Waals surface area contributed by atoms with Crippen LogP contribution in [-0.2, 0) is 14.8 Å². The van der Waals surface area contributed by atoms with E-state index in [4.69, 9.17) is 9.16 Å². The maximum Gasteiger partial charge on any atom is 0.437 e. The summed E-state index contributed by atoms with van der Waals surface area (Å²) in [5.74, 6) is 0.199. The lowest BCUT2D eigenvalue weighted by atomic mass is 9.74. The highest BCUT2D eigenvalue weighted by atomic mass is 32.2. The molecule has 6 nitrogen and oxygen atoms in total. The molecule has 0 saturated carbocycles. The van der Waals surface area contributed by atoms with Crippen molar-refractivity contribution in [2.24, 2.45) is 5.41 Å². The lowest BCUT2D eigenvalue weighted by molar-refractivity contribution is -0.249.